The van der Waals surface area contributed by atoms with Crippen molar-refractivity contribution in [2.24, 2.45) is 0 Å². The number of rotatable bonds is 7. The van der Waals surface area contributed by atoms with Crippen molar-refractivity contribution in [3.05, 3.63) is 206 Å². The molecule has 56 heavy (non-hydrogen) atoms. The van der Waals surface area contributed by atoms with Gasteiger partial charge in [0.15, 0.2) is 17.5 Å². The van der Waals surface area contributed by atoms with E-state index in [4.69, 9.17) is 15.0 Å². The van der Waals surface area contributed by atoms with Crippen LogP contribution in [0.4, 0.5) is 0 Å². The number of hydrogen-bond acceptors (Lipinski definition) is 4. The average molecular weight is 737 g/mol. The van der Waals surface area contributed by atoms with Gasteiger partial charge in [-0.25, -0.2) is 19.8 Å². The largest absolute Gasteiger partial charge is 0.239 e. The molecule has 0 saturated heterocycles. The first-order chi connectivity index (χ1) is 27.6. The minimum Gasteiger partial charge on any atom is -0.235 e. The molecule has 2 heterocycles. The van der Waals surface area contributed by atoms with E-state index < -0.39 is 7.49 Å². The molecule has 0 unspecified atom stereocenters. The molecule has 1 aliphatic rings. The Morgan fingerprint density at radius 1 is 0.286 bits per heavy atom. The van der Waals surface area contributed by atoms with Crippen LogP contribution >= 0.6 is 7.49 Å². The van der Waals surface area contributed by atoms with E-state index in [9.17, 15) is 4.89 Å². The van der Waals surface area contributed by atoms with Gasteiger partial charge < -0.3 is 0 Å². The van der Waals surface area contributed by atoms with Gasteiger partial charge in [0.1, 0.15) is 15.9 Å². The van der Waals surface area contributed by atoms with Crippen LogP contribution in [-0.2, 0) is 0 Å². The van der Waals surface area contributed by atoms with Crippen LogP contribution in [0.1, 0.15) is 0 Å². The monoisotopic (exact) mass is 736 g/mol. The van der Waals surface area contributed by atoms with Gasteiger partial charge in [-0.05, 0) is 63.7 Å². The van der Waals surface area contributed by atoms with Crippen molar-refractivity contribution >= 4 is 23.4 Å². The summed E-state index contributed by atoms with van der Waals surface area (Å²) in [6, 6.07) is 70.9. The molecule has 1 aromatic heterocycles. The van der Waals surface area contributed by atoms with Gasteiger partial charge in [0.05, 0.1) is 0 Å². The molecule has 0 atom stereocenters. The molecule has 0 spiro atoms. The second-order valence-electron chi connectivity index (χ2n) is 14.0. The average Bonchev–Trinajstić information content (AvgIpc) is 3.55. The minimum atomic E-state index is -2.71. The van der Waals surface area contributed by atoms with Crippen LogP contribution in [0.25, 0.3) is 78.7 Å². The highest BCUT2D eigenvalue weighted by Gasteiger charge is 2.52. The third-order valence-corrected chi connectivity index (χ3v) is 13.8. The summed E-state index contributed by atoms with van der Waals surface area (Å²) in [5.74, 6) is 1.88. The van der Waals surface area contributed by atoms with Crippen molar-refractivity contribution in [1.82, 2.24) is 15.0 Å². The number of aromatic nitrogens is 3. The molecule has 264 valence electrons. The van der Waals surface area contributed by atoms with Crippen LogP contribution in [0.15, 0.2) is 206 Å². The summed E-state index contributed by atoms with van der Waals surface area (Å²) < 4.78 is 0. The molecule has 0 aliphatic carbocycles. The fourth-order valence-corrected chi connectivity index (χ4v) is 10.8. The van der Waals surface area contributed by atoms with Crippen LogP contribution in [-0.4, -0.2) is 19.8 Å². The molecule has 1 aliphatic heterocycles. The fraction of sp³-hybridized carbons (Fsp3) is 0. The van der Waals surface area contributed by atoms with E-state index >= 15 is 0 Å². The first-order valence-corrected chi connectivity index (χ1v) is 20.5. The first kappa shape index (κ1) is 33.7. The van der Waals surface area contributed by atoms with Crippen molar-refractivity contribution in [3.63, 3.8) is 0 Å². The third-order valence-electron chi connectivity index (χ3n) is 10.6. The van der Waals surface area contributed by atoms with Crippen LogP contribution in [0.2, 0.25) is 0 Å². The number of nitrogens with zero attached hydrogens (tertiary/aromatic N) is 3. The summed E-state index contributed by atoms with van der Waals surface area (Å²) >= 11 is 0. The maximum atomic E-state index is 12.4. The molecule has 0 saturated carbocycles. The molecular weight excluding hydrogens is 702 g/mol. The molecule has 0 fully saturated rings. The van der Waals surface area contributed by atoms with Crippen molar-refractivity contribution in [1.29, 1.82) is 0 Å². The quantitative estimate of drug-likeness (QED) is 0.166. The van der Waals surface area contributed by atoms with Crippen LogP contribution in [0.3, 0.4) is 0 Å². The lowest BCUT2D eigenvalue weighted by molar-refractivity contribution is 0.634. The first-order valence-electron chi connectivity index (χ1n) is 18.7. The second-order valence-corrected chi connectivity index (χ2v) is 16.7. The zero-order chi connectivity index (χ0) is 37.5. The van der Waals surface area contributed by atoms with E-state index in [1.807, 2.05) is 60.7 Å². The van der Waals surface area contributed by atoms with Crippen molar-refractivity contribution in [3.8, 4) is 78.7 Å². The highest BCUT2D eigenvalue weighted by atomic mass is 31.2. The molecule has 8 aromatic carbocycles. The van der Waals surface area contributed by atoms with E-state index in [1.54, 1.807) is 0 Å². The molecule has 0 bridgehead atoms. The van der Waals surface area contributed by atoms with Gasteiger partial charge in [-0.3, -0.25) is 0 Å². The van der Waals surface area contributed by atoms with Crippen LogP contribution in [0.5, 0.6) is 0 Å². The van der Waals surface area contributed by atoms with Gasteiger partial charge >= 0.3 is 0 Å². The summed E-state index contributed by atoms with van der Waals surface area (Å²) in [6.45, 7) is 0. The fourth-order valence-electron chi connectivity index (χ4n) is 7.73. The third kappa shape index (κ3) is 6.02. The van der Waals surface area contributed by atoms with Gasteiger partial charge in [0.2, 0.25) is 7.49 Å². The highest BCUT2D eigenvalue weighted by molar-refractivity contribution is 7.92. The van der Waals surface area contributed by atoms with Crippen molar-refractivity contribution in [2.45, 2.75) is 0 Å². The standard InChI is InChI=1S/C51H35N3OP/c55-56(47-20-9-7-18-45(47)46-19-8-10-21-48(46)56)44-32-30-38(31-33-44)37-22-24-39(25-23-37)42-16-11-17-43(34-42)51-53-49(40-14-5-2-6-15-40)52-50(54-51)41-28-26-36(27-29-41)35-12-3-1-4-13-35/h1-34,55H/q+1. The molecule has 0 amide bonds. The number of hydrogen-bond donors (Lipinski definition) is 1. The minimum absolute atomic E-state index is 0.622. The summed E-state index contributed by atoms with van der Waals surface area (Å²) in [7, 11) is -2.71. The zero-order valence-electron chi connectivity index (χ0n) is 30.4. The Labute approximate surface area is 327 Å². The molecule has 4 nitrogen and oxygen atoms in total. The Morgan fingerprint density at radius 3 is 1.16 bits per heavy atom. The van der Waals surface area contributed by atoms with Crippen molar-refractivity contribution in [2.75, 3.05) is 0 Å². The molecule has 5 heteroatoms. The molecule has 1 N–H and O–H groups in total. The summed E-state index contributed by atoms with van der Waals surface area (Å²) in [5.41, 5.74) is 11.7. The molecule has 9 aromatic rings. The topological polar surface area (TPSA) is 58.9 Å². The Hall–Kier alpha value is -6.84. The Kier molecular flexibility index (Phi) is 8.49. The van der Waals surface area contributed by atoms with Gasteiger partial charge in [0, 0.05) is 27.8 Å². The summed E-state index contributed by atoms with van der Waals surface area (Å²) in [5, 5.41) is 3.03. The molecule has 10 rings (SSSR count). The maximum Gasteiger partial charge on any atom is 0.239 e. The summed E-state index contributed by atoms with van der Waals surface area (Å²) in [6.07, 6.45) is 0. The Morgan fingerprint density at radius 2 is 0.625 bits per heavy atom. The van der Waals surface area contributed by atoms with E-state index in [0.717, 1.165) is 71.5 Å². The summed E-state index contributed by atoms with van der Waals surface area (Å²) in [4.78, 5) is 27.3. The smallest absolute Gasteiger partial charge is 0.235 e. The SMILES string of the molecule is O[P+]1(c2ccc(-c3ccc(-c4cccc(-c5nc(-c6ccccc6)nc(-c6ccc(-c7ccccc7)cc6)n5)c4)cc3)cc2)c2ccccc2-c2ccccc21. The molecular formula is C51H35N3OP+. The maximum absolute atomic E-state index is 12.4. The lowest BCUT2D eigenvalue weighted by Crippen LogP contribution is -2.26. The number of fused-ring (bicyclic) bond motifs is 3. The van der Waals surface area contributed by atoms with Gasteiger partial charge in [-0.2, -0.15) is 0 Å². The zero-order valence-corrected chi connectivity index (χ0v) is 31.3. The van der Waals surface area contributed by atoms with E-state index in [-0.39, 0.29) is 0 Å². The van der Waals surface area contributed by atoms with Gasteiger partial charge in [-0.15, -0.1) is 0 Å². The molecule has 0 radical (unpaired) electrons. The van der Waals surface area contributed by atoms with Crippen LogP contribution in [0, 0.1) is 0 Å². The van der Waals surface area contributed by atoms with E-state index in [1.165, 1.54) is 5.56 Å². The van der Waals surface area contributed by atoms with Gasteiger partial charge in [-0.1, -0.05) is 176 Å². The number of benzene rings is 8. The predicted octanol–water partition coefficient (Wildman–Crippen LogP) is 11.1. The lowest BCUT2D eigenvalue weighted by Gasteiger charge is -2.16. The van der Waals surface area contributed by atoms with Gasteiger partial charge in [0.25, 0.3) is 0 Å². The Balaban J connectivity index is 0.948. The van der Waals surface area contributed by atoms with Crippen LogP contribution < -0.4 is 15.9 Å². The van der Waals surface area contributed by atoms with E-state index in [0.29, 0.717) is 17.5 Å². The predicted molar refractivity (Wildman–Crippen MR) is 232 cm³/mol. The van der Waals surface area contributed by atoms with Crippen molar-refractivity contribution < 1.29 is 4.89 Å². The normalized spacial score (nSPS) is 12.5. The Bertz CT molecular complexity index is 2790. The second kappa shape index (κ2) is 14.1. The van der Waals surface area contributed by atoms with E-state index in [2.05, 4.69) is 146 Å². The highest BCUT2D eigenvalue weighted by Crippen LogP contribution is 2.58. The lowest BCUT2D eigenvalue weighted by atomic mass is 9.99.